The molecule has 0 saturated carbocycles. The number of nitrogens with zero attached hydrogens (tertiary/aromatic N) is 1. The Kier molecular flexibility index (Phi) is 6.32. The number of benzene rings is 2. The SMILES string of the molecule is CC(C)(C)OC(=O)Nc1ccc(-c2cccnc2CN)c(Oc2ccccc2)c1F. The van der Waals surface area contributed by atoms with Crippen LogP contribution in [0.5, 0.6) is 11.5 Å². The standard InChI is InChI=1S/C23H24FN3O3/c1-23(2,3)30-22(28)27-18-12-11-17(16-10-7-13-26-19(16)14-25)21(20(18)24)29-15-8-5-4-6-9-15/h4-13H,14,25H2,1-3H3,(H,27,28). The van der Waals surface area contributed by atoms with Crippen LogP contribution in [0, 0.1) is 5.82 Å². The van der Waals surface area contributed by atoms with E-state index in [2.05, 4.69) is 10.3 Å². The number of hydrogen-bond donors (Lipinski definition) is 2. The third kappa shape index (κ3) is 5.12. The van der Waals surface area contributed by atoms with Gasteiger partial charge in [0.2, 0.25) is 0 Å². The molecule has 0 atom stereocenters. The van der Waals surface area contributed by atoms with Crippen LogP contribution in [-0.2, 0) is 11.3 Å². The molecule has 156 valence electrons. The highest BCUT2D eigenvalue weighted by molar-refractivity contribution is 5.87. The number of para-hydroxylation sites is 1. The second-order valence-corrected chi connectivity index (χ2v) is 7.55. The smallest absolute Gasteiger partial charge is 0.412 e. The Bertz CT molecular complexity index is 1030. The lowest BCUT2D eigenvalue weighted by molar-refractivity contribution is 0.0635. The summed E-state index contributed by atoms with van der Waals surface area (Å²) in [7, 11) is 0. The molecular formula is C23H24FN3O3. The first-order valence-electron chi connectivity index (χ1n) is 9.48. The number of amides is 1. The number of rotatable bonds is 5. The molecule has 7 heteroatoms. The van der Waals surface area contributed by atoms with Crippen molar-refractivity contribution in [2.75, 3.05) is 5.32 Å². The van der Waals surface area contributed by atoms with E-state index in [0.29, 0.717) is 22.6 Å². The first kappa shape index (κ1) is 21.3. The molecule has 3 rings (SSSR count). The zero-order chi connectivity index (χ0) is 21.7. The molecule has 0 unspecified atom stereocenters. The highest BCUT2D eigenvalue weighted by Crippen LogP contribution is 2.39. The number of pyridine rings is 1. The van der Waals surface area contributed by atoms with Crippen molar-refractivity contribution >= 4 is 11.8 Å². The van der Waals surface area contributed by atoms with Crippen LogP contribution in [0.3, 0.4) is 0 Å². The Morgan fingerprint density at radius 2 is 1.80 bits per heavy atom. The van der Waals surface area contributed by atoms with Crippen molar-refractivity contribution in [2.24, 2.45) is 5.73 Å². The maximum absolute atomic E-state index is 15.5. The van der Waals surface area contributed by atoms with Crippen molar-refractivity contribution in [2.45, 2.75) is 32.9 Å². The van der Waals surface area contributed by atoms with Gasteiger partial charge in [0, 0.05) is 23.9 Å². The summed E-state index contributed by atoms with van der Waals surface area (Å²) >= 11 is 0. The first-order chi connectivity index (χ1) is 14.3. The summed E-state index contributed by atoms with van der Waals surface area (Å²) in [6.45, 7) is 5.37. The van der Waals surface area contributed by atoms with E-state index < -0.39 is 17.5 Å². The van der Waals surface area contributed by atoms with Gasteiger partial charge in [-0.15, -0.1) is 0 Å². The first-order valence-corrected chi connectivity index (χ1v) is 9.48. The number of nitrogens with one attached hydrogen (secondary N) is 1. The Labute approximate surface area is 174 Å². The third-order valence-corrected chi connectivity index (χ3v) is 4.07. The van der Waals surface area contributed by atoms with Crippen LogP contribution in [0.2, 0.25) is 0 Å². The minimum atomic E-state index is -0.760. The lowest BCUT2D eigenvalue weighted by Gasteiger charge is -2.21. The summed E-state index contributed by atoms with van der Waals surface area (Å²) in [6, 6.07) is 15.5. The van der Waals surface area contributed by atoms with E-state index in [0.717, 1.165) is 0 Å². The molecule has 0 aliphatic heterocycles. The van der Waals surface area contributed by atoms with E-state index in [1.54, 1.807) is 69.4 Å². The number of aromatic nitrogens is 1. The lowest BCUT2D eigenvalue weighted by atomic mass is 10.0. The van der Waals surface area contributed by atoms with Crippen molar-refractivity contribution in [1.29, 1.82) is 0 Å². The second-order valence-electron chi connectivity index (χ2n) is 7.55. The molecule has 0 bridgehead atoms. The molecule has 0 radical (unpaired) electrons. The summed E-state index contributed by atoms with van der Waals surface area (Å²) in [4.78, 5) is 16.4. The van der Waals surface area contributed by atoms with Crippen LogP contribution in [0.4, 0.5) is 14.9 Å². The zero-order valence-corrected chi connectivity index (χ0v) is 17.1. The molecule has 0 aliphatic carbocycles. The summed E-state index contributed by atoms with van der Waals surface area (Å²) in [5.74, 6) is -0.322. The molecule has 2 aromatic carbocycles. The van der Waals surface area contributed by atoms with Gasteiger partial charge in [-0.1, -0.05) is 24.3 Å². The highest BCUT2D eigenvalue weighted by atomic mass is 19.1. The maximum Gasteiger partial charge on any atom is 0.412 e. The fourth-order valence-corrected chi connectivity index (χ4v) is 2.83. The Morgan fingerprint density at radius 1 is 1.07 bits per heavy atom. The minimum Gasteiger partial charge on any atom is -0.454 e. The lowest BCUT2D eigenvalue weighted by Crippen LogP contribution is -2.27. The van der Waals surface area contributed by atoms with E-state index in [1.165, 1.54) is 6.07 Å². The van der Waals surface area contributed by atoms with E-state index in [4.69, 9.17) is 15.2 Å². The van der Waals surface area contributed by atoms with Gasteiger partial charge in [-0.25, -0.2) is 9.18 Å². The van der Waals surface area contributed by atoms with E-state index in [1.807, 2.05) is 6.07 Å². The maximum atomic E-state index is 15.5. The van der Waals surface area contributed by atoms with Crippen molar-refractivity contribution < 1.29 is 18.7 Å². The summed E-state index contributed by atoms with van der Waals surface area (Å²) < 4.78 is 26.6. The molecule has 0 fully saturated rings. The van der Waals surface area contributed by atoms with Gasteiger partial charge in [-0.2, -0.15) is 0 Å². The molecule has 6 nitrogen and oxygen atoms in total. The number of anilines is 1. The van der Waals surface area contributed by atoms with Crippen LogP contribution in [-0.4, -0.2) is 16.7 Å². The van der Waals surface area contributed by atoms with Crippen LogP contribution in [0.15, 0.2) is 60.8 Å². The molecule has 0 aliphatic rings. The van der Waals surface area contributed by atoms with E-state index in [9.17, 15) is 4.79 Å². The second kappa shape index (κ2) is 8.92. The van der Waals surface area contributed by atoms with Gasteiger partial charge in [-0.05, 0) is 51.1 Å². The van der Waals surface area contributed by atoms with Gasteiger partial charge >= 0.3 is 6.09 Å². The summed E-state index contributed by atoms with van der Waals surface area (Å²) in [6.07, 6.45) is 0.863. The molecule has 0 spiro atoms. The minimum absolute atomic E-state index is 0.0440. The Hall–Kier alpha value is -3.45. The van der Waals surface area contributed by atoms with Crippen molar-refractivity contribution in [1.82, 2.24) is 4.98 Å². The van der Waals surface area contributed by atoms with Gasteiger partial charge in [0.05, 0.1) is 11.4 Å². The van der Waals surface area contributed by atoms with Gasteiger partial charge in [0.1, 0.15) is 11.4 Å². The average molecular weight is 409 g/mol. The molecule has 30 heavy (non-hydrogen) atoms. The molecule has 1 aromatic heterocycles. The number of carbonyl (C=O) groups excluding carboxylic acids is 1. The van der Waals surface area contributed by atoms with Gasteiger partial charge in [0.15, 0.2) is 11.6 Å². The van der Waals surface area contributed by atoms with Crippen LogP contribution >= 0.6 is 0 Å². The number of hydrogen-bond acceptors (Lipinski definition) is 5. The van der Waals surface area contributed by atoms with E-state index in [-0.39, 0.29) is 18.0 Å². The van der Waals surface area contributed by atoms with Crippen LogP contribution in [0.25, 0.3) is 11.1 Å². The van der Waals surface area contributed by atoms with Crippen molar-refractivity contribution in [3.8, 4) is 22.6 Å². The van der Waals surface area contributed by atoms with Crippen LogP contribution < -0.4 is 15.8 Å². The van der Waals surface area contributed by atoms with Crippen molar-refractivity contribution in [3.05, 3.63) is 72.3 Å². The molecule has 0 saturated heterocycles. The van der Waals surface area contributed by atoms with Crippen molar-refractivity contribution in [3.63, 3.8) is 0 Å². The monoisotopic (exact) mass is 409 g/mol. The predicted octanol–water partition coefficient (Wildman–Crippen LogP) is 5.49. The molecule has 3 aromatic rings. The summed E-state index contributed by atoms with van der Waals surface area (Å²) in [5.41, 5.74) is 6.76. The quantitative estimate of drug-likeness (QED) is 0.582. The Balaban J connectivity index is 2.07. The largest absolute Gasteiger partial charge is 0.454 e. The third-order valence-electron chi connectivity index (χ3n) is 4.07. The average Bonchev–Trinajstić information content (AvgIpc) is 2.70. The zero-order valence-electron chi connectivity index (χ0n) is 17.1. The number of carbonyl (C=O) groups is 1. The highest BCUT2D eigenvalue weighted by Gasteiger charge is 2.22. The fourth-order valence-electron chi connectivity index (χ4n) is 2.83. The fraction of sp³-hybridized carbons (Fsp3) is 0.217. The summed E-state index contributed by atoms with van der Waals surface area (Å²) in [5, 5.41) is 2.44. The molecule has 1 heterocycles. The number of halogens is 1. The normalized spacial score (nSPS) is 11.1. The topological polar surface area (TPSA) is 86.5 Å². The predicted molar refractivity (Wildman–Crippen MR) is 114 cm³/mol. The van der Waals surface area contributed by atoms with Gasteiger partial charge in [-0.3, -0.25) is 10.3 Å². The number of nitrogens with two attached hydrogens (primary N) is 1. The molecular weight excluding hydrogens is 385 g/mol. The van der Waals surface area contributed by atoms with Gasteiger partial charge in [0.25, 0.3) is 0 Å². The van der Waals surface area contributed by atoms with Gasteiger partial charge < -0.3 is 15.2 Å². The molecule has 1 amide bonds. The van der Waals surface area contributed by atoms with E-state index >= 15 is 4.39 Å². The van der Waals surface area contributed by atoms with Crippen LogP contribution in [0.1, 0.15) is 26.5 Å². The Morgan fingerprint density at radius 3 is 2.47 bits per heavy atom. The molecule has 3 N–H and O–H groups in total. The number of ether oxygens (including phenoxy) is 2.